The molecule has 0 bridgehead atoms. The van der Waals surface area contributed by atoms with Gasteiger partial charge in [-0.1, -0.05) is 41.4 Å². The molecule has 1 fully saturated rings. The average Bonchev–Trinajstić information content (AvgIpc) is 2.92. The molecule has 2 aromatic carbocycles. The van der Waals surface area contributed by atoms with Crippen molar-refractivity contribution in [3.05, 3.63) is 58.6 Å². The molecule has 1 heterocycles. The van der Waals surface area contributed by atoms with Crippen molar-refractivity contribution < 1.29 is 9.59 Å². The largest absolute Gasteiger partial charge is 0.323 e. The van der Waals surface area contributed by atoms with Crippen LogP contribution in [0.1, 0.15) is 12.8 Å². The number of amides is 2. The molecule has 6 heteroatoms. The molecular formula is C17H14Cl2N2O2. The van der Waals surface area contributed by atoms with Gasteiger partial charge in [-0.3, -0.25) is 14.5 Å². The van der Waals surface area contributed by atoms with Gasteiger partial charge in [-0.15, -0.1) is 0 Å². The molecule has 118 valence electrons. The first-order valence-electron chi connectivity index (χ1n) is 7.19. The Morgan fingerprint density at radius 1 is 1.13 bits per heavy atom. The van der Waals surface area contributed by atoms with E-state index < -0.39 is 6.04 Å². The Bertz CT molecular complexity index is 750. The molecule has 0 aromatic heterocycles. The van der Waals surface area contributed by atoms with Crippen molar-refractivity contribution in [1.29, 1.82) is 0 Å². The molecule has 2 amide bonds. The number of benzene rings is 2. The Morgan fingerprint density at radius 2 is 1.87 bits per heavy atom. The summed E-state index contributed by atoms with van der Waals surface area (Å²) < 4.78 is 0. The van der Waals surface area contributed by atoms with Crippen molar-refractivity contribution in [3.63, 3.8) is 0 Å². The molecule has 1 aliphatic rings. The lowest BCUT2D eigenvalue weighted by atomic mass is 10.2. The SMILES string of the molecule is O=C(Nc1ccc(Cl)cc1Cl)C1CCC(=O)N1c1ccccc1. The van der Waals surface area contributed by atoms with Gasteiger partial charge in [0.2, 0.25) is 11.8 Å². The first kappa shape index (κ1) is 15.8. The summed E-state index contributed by atoms with van der Waals surface area (Å²) in [4.78, 5) is 26.3. The van der Waals surface area contributed by atoms with Crippen LogP contribution in [0.25, 0.3) is 0 Å². The van der Waals surface area contributed by atoms with E-state index in [2.05, 4.69) is 5.32 Å². The standard InChI is InChI=1S/C17H14Cl2N2O2/c18-11-6-7-14(13(19)10-11)20-17(23)15-8-9-16(22)21(15)12-4-2-1-3-5-12/h1-7,10,15H,8-9H2,(H,20,23). The van der Waals surface area contributed by atoms with Crippen LogP contribution in [0.4, 0.5) is 11.4 Å². The third-order valence-electron chi connectivity index (χ3n) is 3.74. The summed E-state index contributed by atoms with van der Waals surface area (Å²) in [5, 5.41) is 3.63. The quantitative estimate of drug-likeness (QED) is 0.906. The minimum atomic E-state index is -0.545. The number of halogens is 2. The molecule has 1 unspecified atom stereocenters. The van der Waals surface area contributed by atoms with Crippen molar-refractivity contribution in [2.75, 3.05) is 10.2 Å². The average molecular weight is 349 g/mol. The molecule has 0 saturated carbocycles. The van der Waals surface area contributed by atoms with Crippen LogP contribution in [-0.4, -0.2) is 17.9 Å². The maximum atomic E-state index is 12.6. The summed E-state index contributed by atoms with van der Waals surface area (Å²) in [7, 11) is 0. The van der Waals surface area contributed by atoms with Gasteiger partial charge in [-0.05, 0) is 36.8 Å². The smallest absolute Gasteiger partial charge is 0.247 e. The van der Waals surface area contributed by atoms with E-state index in [1.807, 2.05) is 30.3 Å². The second-order valence-corrected chi connectivity index (χ2v) is 6.11. The van der Waals surface area contributed by atoms with Crippen LogP contribution >= 0.6 is 23.2 Å². The van der Waals surface area contributed by atoms with E-state index in [0.29, 0.717) is 28.6 Å². The number of carbonyl (C=O) groups excluding carboxylic acids is 2. The van der Waals surface area contributed by atoms with Gasteiger partial charge < -0.3 is 5.32 Å². The Labute approximate surface area is 144 Å². The third kappa shape index (κ3) is 3.33. The summed E-state index contributed by atoms with van der Waals surface area (Å²) in [5.41, 5.74) is 1.20. The second-order valence-electron chi connectivity index (χ2n) is 5.27. The zero-order valence-electron chi connectivity index (χ0n) is 12.1. The topological polar surface area (TPSA) is 49.4 Å². The fourth-order valence-corrected chi connectivity index (χ4v) is 3.11. The van der Waals surface area contributed by atoms with Gasteiger partial charge in [0.25, 0.3) is 0 Å². The predicted molar refractivity (Wildman–Crippen MR) is 92.0 cm³/mol. The van der Waals surface area contributed by atoms with Crippen LogP contribution < -0.4 is 10.2 Å². The van der Waals surface area contributed by atoms with Crippen LogP contribution in [0.5, 0.6) is 0 Å². The summed E-state index contributed by atoms with van der Waals surface area (Å²) >= 11 is 11.9. The molecule has 2 aromatic rings. The minimum absolute atomic E-state index is 0.0569. The fourth-order valence-electron chi connectivity index (χ4n) is 2.65. The van der Waals surface area contributed by atoms with Crippen molar-refractivity contribution in [2.45, 2.75) is 18.9 Å². The van der Waals surface area contributed by atoms with E-state index >= 15 is 0 Å². The molecule has 1 saturated heterocycles. The number of hydrogen-bond acceptors (Lipinski definition) is 2. The number of anilines is 2. The number of rotatable bonds is 3. The number of carbonyl (C=O) groups is 2. The van der Waals surface area contributed by atoms with E-state index in [1.165, 1.54) is 0 Å². The van der Waals surface area contributed by atoms with Crippen molar-refractivity contribution >= 4 is 46.4 Å². The lowest BCUT2D eigenvalue weighted by Gasteiger charge is -2.24. The van der Waals surface area contributed by atoms with E-state index in [-0.39, 0.29) is 11.8 Å². The molecule has 1 atom stereocenters. The Hall–Kier alpha value is -2.04. The van der Waals surface area contributed by atoms with Crippen LogP contribution in [0.15, 0.2) is 48.5 Å². The van der Waals surface area contributed by atoms with Crippen LogP contribution in [0.2, 0.25) is 10.0 Å². The third-order valence-corrected chi connectivity index (χ3v) is 4.29. The first-order chi connectivity index (χ1) is 11.1. The van der Waals surface area contributed by atoms with Crippen molar-refractivity contribution in [2.24, 2.45) is 0 Å². The predicted octanol–water partition coefficient (Wildman–Crippen LogP) is 4.13. The molecular weight excluding hydrogens is 335 g/mol. The Kier molecular flexibility index (Phi) is 4.55. The second kappa shape index (κ2) is 6.60. The molecule has 1 N–H and O–H groups in total. The summed E-state index contributed by atoms with van der Waals surface area (Å²) in [6.07, 6.45) is 0.825. The number of para-hydroxylation sites is 1. The summed E-state index contributed by atoms with van der Waals surface area (Å²) in [6.45, 7) is 0. The molecule has 0 radical (unpaired) electrons. The lowest BCUT2D eigenvalue weighted by Crippen LogP contribution is -2.41. The minimum Gasteiger partial charge on any atom is -0.323 e. The maximum absolute atomic E-state index is 12.6. The van der Waals surface area contributed by atoms with E-state index in [0.717, 1.165) is 5.69 Å². The van der Waals surface area contributed by atoms with E-state index in [4.69, 9.17) is 23.2 Å². The molecule has 0 aliphatic carbocycles. The molecule has 0 spiro atoms. The molecule has 23 heavy (non-hydrogen) atoms. The fraction of sp³-hybridized carbons (Fsp3) is 0.176. The maximum Gasteiger partial charge on any atom is 0.247 e. The first-order valence-corrected chi connectivity index (χ1v) is 7.95. The highest BCUT2D eigenvalue weighted by atomic mass is 35.5. The highest BCUT2D eigenvalue weighted by Crippen LogP contribution is 2.29. The Morgan fingerprint density at radius 3 is 2.57 bits per heavy atom. The normalized spacial score (nSPS) is 17.4. The monoisotopic (exact) mass is 348 g/mol. The Balaban J connectivity index is 1.82. The number of nitrogens with zero attached hydrogens (tertiary/aromatic N) is 1. The van der Waals surface area contributed by atoms with Gasteiger partial charge >= 0.3 is 0 Å². The van der Waals surface area contributed by atoms with E-state index in [1.54, 1.807) is 23.1 Å². The van der Waals surface area contributed by atoms with Crippen molar-refractivity contribution in [1.82, 2.24) is 0 Å². The van der Waals surface area contributed by atoms with Gasteiger partial charge in [-0.2, -0.15) is 0 Å². The van der Waals surface area contributed by atoms with Gasteiger partial charge in [0.15, 0.2) is 0 Å². The number of nitrogens with one attached hydrogen (secondary N) is 1. The molecule has 3 rings (SSSR count). The van der Waals surface area contributed by atoms with Gasteiger partial charge in [0.1, 0.15) is 6.04 Å². The van der Waals surface area contributed by atoms with Gasteiger partial charge in [-0.25, -0.2) is 0 Å². The highest BCUT2D eigenvalue weighted by Gasteiger charge is 2.37. The van der Waals surface area contributed by atoms with Crippen LogP contribution in [-0.2, 0) is 9.59 Å². The lowest BCUT2D eigenvalue weighted by molar-refractivity contribution is -0.120. The summed E-state index contributed by atoms with van der Waals surface area (Å²) in [6, 6.07) is 13.5. The molecule has 4 nitrogen and oxygen atoms in total. The molecule has 1 aliphatic heterocycles. The van der Waals surface area contributed by atoms with Crippen LogP contribution in [0.3, 0.4) is 0 Å². The van der Waals surface area contributed by atoms with Crippen LogP contribution in [0, 0.1) is 0 Å². The highest BCUT2D eigenvalue weighted by molar-refractivity contribution is 6.36. The zero-order valence-corrected chi connectivity index (χ0v) is 13.6. The summed E-state index contributed by atoms with van der Waals surface area (Å²) in [5.74, 6) is -0.317. The van der Waals surface area contributed by atoms with Gasteiger partial charge in [0, 0.05) is 17.1 Å². The van der Waals surface area contributed by atoms with E-state index in [9.17, 15) is 9.59 Å². The van der Waals surface area contributed by atoms with Gasteiger partial charge in [0.05, 0.1) is 10.7 Å². The van der Waals surface area contributed by atoms with Crippen molar-refractivity contribution in [3.8, 4) is 0 Å². The number of hydrogen-bond donors (Lipinski definition) is 1. The zero-order chi connectivity index (χ0) is 16.4.